The number of imide groups is 2. The number of aryl methyl sites for hydroxylation is 1. The zero-order valence-electron chi connectivity index (χ0n) is 22.1. The summed E-state index contributed by atoms with van der Waals surface area (Å²) in [5.74, 6) is -1.90. The minimum absolute atomic E-state index is 0.0660. The monoisotopic (exact) mass is 615 g/mol. The van der Waals surface area contributed by atoms with Crippen molar-refractivity contribution in [3.8, 4) is 11.5 Å². The Morgan fingerprint density at radius 1 is 0.976 bits per heavy atom. The predicted molar refractivity (Wildman–Crippen MR) is 158 cm³/mol. The zero-order valence-corrected chi connectivity index (χ0v) is 24.4. The number of rotatable bonds is 8. The third-order valence-electron chi connectivity index (χ3n) is 6.03. The maximum absolute atomic E-state index is 13.3. The number of barbiturate groups is 1. The Bertz CT molecular complexity index is 1600. The molecule has 41 heavy (non-hydrogen) atoms. The first-order valence-electron chi connectivity index (χ1n) is 12.3. The predicted octanol–water partition coefficient (Wildman–Crippen LogP) is 6.35. The molecule has 1 aliphatic heterocycles. The topological polar surface area (TPSA) is 114 Å². The zero-order chi connectivity index (χ0) is 29.8. The second-order valence-corrected chi connectivity index (χ2v) is 10.1. The highest BCUT2D eigenvalue weighted by molar-refractivity contribution is 6.40. The number of hydrogen-bond acceptors (Lipinski definition) is 6. The Labute approximate surface area is 251 Å². The standard InChI is InChI=1S/C29H24Cl3N3O6/c1-4-40-24-12-17(11-22(32)26(24)41-14-25(36)33-18-9-8-15(2)21(31)13-18)10-19-27(37)34-29(39)35(28(19)38)23-7-5-6-20(30)16(23)3/h5-13H,4,14H2,1-3H3,(H,33,36)(H,34,37,39)/b19-10-. The summed E-state index contributed by atoms with van der Waals surface area (Å²) < 4.78 is 11.3. The minimum Gasteiger partial charge on any atom is -0.490 e. The normalized spacial score (nSPS) is 14.2. The molecule has 212 valence electrons. The number of benzene rings is 3. The Balaban J connectivity index is 1.59. The molecule has 2 N–H and O–H groups in total. The highest BCUT2D eigenvalue weighted by Gasteiger charge is 2.37. The molecule has 1 heterocycles. The lowest BCUT2D eigenvalue weighted by Crippen LogP contribution is -2.54. The van der Waals surface area contributed by atoms with E-state index in [2.05, 4.69) is 10.6 Å². The second-order valence-electron chi connectivity index (χ2n) is 8.91. The first-order valence-corrected chi connectivity index (χ1v) is 13.4. The van der Waals surface area contributed by atoms with E-state index in [0.29, 0.717) is 26.9 Å². The molecule has 0 atom stereocenters. The Morgan fingerprint density at radius 3 is 2.44 bits per heavy atom. The van der Waals surface area contributed by atoms with Gasteiger partial charge < -0.3 is 14.8 Å². The van der Waals surface area contributed by atoms with Crippen molar-refractivity contribution < 1.29 is 28.7 Å². The fourth-order valence-corrected chi connectivity index (χ4v) is 4.58. The van der Waals surface area contributed by atoms with Gasteiger partial charge in [0.25, 0.3) is 17.7 Å². The fraction of sp³-hybridized carbons (Fsp3) is 0.172. The van der Waals surface area contributed by atoms with Crippen LogP contribution in [0.5, 0.6) is 11.5 Å². The number of carbonyl (C=O) groups is 4. The van der Waals surface area contributed by atoms with Crippen molar-refractivity contribution in [2.75, 3.05) is 23.4 Å². The SMILES string of the molecule is CCOc1cc(/C=C2/C(=O)NC(=O)N(c3cccc(Cl)c3C)C2=O)cc(Cl)c1OCC(=O)Nc1ccc(C)c(Cl)c1. The number of amides is 5. The molecular formula is C29H24Cl3N3O6. The molecule has 4 rings (SSSR count). The molecular weight excluding hydrogens is 593 g/mol. The van der Waals surface area contributed by atoms with Crippen molar-refractivity contribution in [1.82, 2.24) is 5.32 Å². The van der Waals surface area contributed by atoms with Crippen molar-refractivity contribution >= 4 is 76.0 Å². The summed E-state index contributed by atoms with van der Waals surface area (Å²) in [6, 6.07) is 11.9. The van der Waals surface area contributed by atoms with Crippen LogP contribution in [0.4, 0.5) is 16.2 Å². The number of hydrogen-bond donors (Lipinski definition) is 2. The van der Waals surface area contributed by atoms with E-state index in [1.165, 1.54) is 18.2 Å². The molecule has 0 radical (unpaired) electrons. The van der Waals surface area contributed by atoms with Crippen LogP contribution in [0.25, 0.3) is 6.08 Å². The van der Waals surface area contributed by atoms with Crippen molar-refractivity contribution in [2.45, 2.75) is 20.8 Å². The van der Waals surface area contributed by atoms with Gasteiger partial charge in [-0.15, -0.1) is 0 Å². The number of anilines is 2. The number of nitrogens with one attached hydrogen (secondary N) is 2. The van der Waals surface area contributed by atoms with Crippen LogP contribution < -0.4 is 25.0 Å². The number of nitrogens with zero attached hydrogens (tertiary/aromatic N) is 1. The molecule has 12 heteroatoms. The molecule has 1 aliphatic rings. The fourth-order valence-electron chi connectivity index (χ4n) is 3.96. The highest BCUT2D eigenvalue weighted by atomic mass is 35.5. The molecule has 0 bridgehead atoms. The van der Waals surface area contributed by atoms with Crippen LogP contribution >= 0.6 is 34.8 Å². The summed E-state index contributed by atoms with van der Waals surface area (Å²) in [6.45, 7) is 5.09. The van der Waals surface area contributed by atoms with Gasteiger partial charge in [0.1, 0.15) is 5.57 Å². The van der Waals surface area contributed by atoms with Crippen LogP contribution in [0.2, 0.25) is 15.1 Å². The van der Waals surface area contributed by atoms with E-state index in [-0.39, 0.29) is 41.0 Å². The maximum Gasteiger partial charge on any atom is 0.335 e. The summed E-state index contributed by atoms with van der Waals surface area (Å²) in [5.41, 5.74) is 2.11. The van der Waals surface area contributed by atoms with Gasteiger partial charge in [0, 0.05) is 15.7 Å². The van der Waals surface area contributed by atoms with Crippen LogP contribution in [0, 0.1) is 13.8 Å². The van der Waals surface area contributed by atoms with Crippen molar-refractivity contribution in [3.63, 3.8) is 0 Å². The van der Waals surface area contributed by atoms with E-state index >= 15 is 0 Å². The molecule has 1 fully saturated rings. The highest BCUT2D eigenvalue weighted by Crippen LogP contribution is 2.38. The van der Waals surface area contributed by atoms with Gasteiger partial charge in [0.2, 0.25) is 0 Å². The van der Waals surface area contributed by atoms with E-state index in [4.69, 9.17) is 44.3 Å². The lowest BCUT2D eigenvalue weighted by Gasteiger charge is -2.27. The van der Waals surface area contributed by atoms with Crippen molar-refractivity contribution in [3.05, 3.63) is 85.9 Å². The van der Waals surface area contributed by atoms with Gasteiger partial charge in [-0.3, -0.25) is 19.7 Å². The van der Waals surface area contributed by atoms with E-state index < -0.39 is 23.8 Å². The van der Waals surface area contributed by atoms with Gasteiger partial charge in [-0.2, -0.15) is 0 Å². The molecule has 0 unspecified atom stereocenters. The number of halogens is 3. The number of ether oxygens (including phenoxy) is 2. The smallest absolute Gasteiger partial charge is 0.335 e. The first kappa shape index (κ1) is 29.9. The first-order chi connectivity index (χ1) is 19.5. The Morgan fingerprint density at radius 2 is 1.73 bits per heavy atom. The Hall–Kier alpha value is -4.05. The van der Waals surface area contributed by atoms with Crippen LogP contribution in [-0.2, 0) is 14.4 Å². The molecule has 3 aromatic carbocycles. The number of urea groups is 1. The maximum atomic E-state index is 13.3. The van der Waals surface area contributed by atoms with Crippen LogP contribution in [0.1, 0.15) is 23.6 Å². The molecule has 1 saturated heterocycles. The number of carbonyl (C=O) groups excluding carboxylic acids is 4. The lowest BCUT2D eigenvalue weighted by atomic mass is 10.1. The lowest BCUT2D eigenvalue weighted by molar-refractivity contribution is -0.122. The van der Waals surface area contributed by atoms with Gasteiger partial charge in [-0.25, -0.2) is 9.69 Å². The van der Waals surface area contributed by atoms with Crippen molar-refractivity contribution in [2.24, 2.45) is 0 Å². The van der Waals surface area contributed by atoms with E-state index in [1.54, 1.807) is 50.2 Å². The summed E-state index contributed by atoms with van der Waals surface area (Å²) in [7, 11) is 0. The van der Waals surface area contributed by atoms with Crippen molar-refractivity contribution in [1.29, 1.82) is 0 Å². The molecule has 0 aromatic heterocycles. The van der Waals surface area contributed by atoms with Gasteiger partial charge >= 0.3 is 6.03 Å². The third-order valence-corrected chi connectivity index (χ3v) is 7.12. The quantitative estimate of drug-likeness (QED) is 0.225. The van der Waals surface area contributed by atoms with E-state index in [1.807, 2.05) is 6.92 Å². The largest absolute Gasteiger partial charge is 0.490 e. The molecule has 0 spiro atoms. The van der Waals surface area contributed by atoms with Gasteiger partial charge in [0.15, 0.2) is 18.1 Å². The molecule has 0 saturated carbocycles. The summed E-state index contributed by atoms with van der Waals surface area (Å²) in [6.07, 6.45) is 1.28. The van der Waals surface area contributed by atoms with Gasteiger partial charge in [-0.05, 0) is 79.9 Å². The van der Waals surface area contributed by atoms with Crippen LogP contribution in [0.15, 0.2) is 54.1 Å². The minimum atomic E-state index is -0.898. The molecule has 0 aliphatic carbocycles. The van der Waals surface area contributed by atoms with Crippen LogP contribution in [-0.4, -0.2) is 37.0 Å². The average molecular weight is 617 g/mol. The Kier molecular flexibility index (Phi) is 9.22. The summed E-state index contributed by atoms with van der Waals surface area (Å²) in [5, 5.41) is 5.79. The second kappa shape index (κ2) is 12.6. The van der Waals surface area contributed by atoms with Gasteiger partial charge in [-0.1, -0.05) is 46.9 Å². The van der Waals surface area contributed by atoms with E-state index in [0.717, 1.165) is 10.5 Å². The molecule has 3 aromatic rings. The summed E-state index contributed by atoms with van der Waals surface area (Å²) in [4.78, 5) is 51.9. The summed E-state index contributed by atoms with van der Waals surface area (Å²) >= 11 is 18.8. The van der Waals surface area contributed by atoms with Crippen LogP contribution in [0.3, 0.4) is 0 Å². The molecule has 5 amide bonds. The average Bonchev–Trinajstić information content (AvgIpc) is 2.90. The third kappa shape index (κ3) is 6.65. The molecule has 9 nitrogen and oxygen atoms in total. The van der Waals surface area contributed by atoms with E-state index in [9.17, 15) is 19.2 Å². The van der Waals surface area contributed by atoms with Gasteiger partial charge in [0.05, 0.1) is 17.3 Å².